The molecule has 4 nitrogen and oxygen atoms in total. The zero-order valence-corrected chi connectivity index (χ0v) is 11.8. The quantitative estimate of drug-likeness (QED) is 0.807. The first-order chi connectivity index (χ1) is 9.19. The molecule has 1 aliphatic carbocycles. The van der Waals surface area contributed by atoms with Crippen LogP contribution in [0.4, 0.5) is 5.82 Å². The average Bonchev–Trinajstić information content (AvgIpc) is 2.99. The van der Waals surface area contributed by atoms with Crippen molar-refractivity contribution in [1.29, 1.82) is 0 Å². The Morgan fingerprint density at radius 2 is 1.68 bits per heavy atom. The molecule has 2 unspecified atom stereocenters. The Bertz CT molecular complexity index is 463. The number of rotatable bonds is 2. The minimum atomic E-state index is 0.858. The lowest BCUT2D eigenvalue weighted by atomic mass is 10.0. The second kappa shape index (κ2) is 4.17. The number of hydrogen-bond donors (Lipinski definition) is 0. The third-order valence-corrected chi connectivity index (χ3v) is 4.85. The van der Waals surface area contributed by atoms with E-state index in [2.05, 4.69) is 32.8 Å². The van der Waals surface area contributed by atoms with Gasteiger partial charge < -0.3 is 4.90 Å². The van der Waals surface area contributed by atoms with Gasteiger partial charge in [0.25, 0.3) is 0 Å². The second-order valence-corrected chi connectivity index (χ2v) is 6.52. The van der Waals surface area contributed by atoms with Gasteiger partial charge in [-0.05, 0) is 38.5 Å². The summed E-state index contributed by atoms with van der Waals surface area (Å²) in [5.41, 5.74) is 1.08. The Balaban J connectivity index is 1.48. The normalized spacial score (nSPS) is 30.9. The van der Waals surface area contributed by atoms with Crippen LogP contribution in [0.1, 0.15) is 24.4 Å². The molecule has 1 aromatic rings. The van der Waals surface area contributed by atoms with Crippen molar-refractivity contribution in [2.45, 2.75) is 32.7 Å². The van der Waals surface area contributed by atoms with Gasteiger partial charge >= 0.3 is 0 Å². The number of aryl methyl sites for hydroxylation is 2. The van der Waals surface area contributed by atoms with E-state index in [4.69, 9.17) is 0 Å². The average molecular weight is 258 g/mol. The fourth-order valence-corrected chi connectivity index (χ4v) is 3.81. The minimum Gasteiger partial charge on any atom is -0.356 e. The van der Waals surface area contributed by atoms with E-state index in [0.29, 0.717) is 0 Å². The lowest BCUT2D eigenvalue weighted by Crippen LogP contribution is -2.30. The molecule has 0 aromatic carbocycles. The molecule has 0 spiro atoms. The van der Waals surface area contributed by atoms with Crippen molar-refractivity contribution in [2.75, 3.05) is 31.1 Å². The monoisotopic (exact) mass is 258 g/mol. The van der Waals surface area contributed by atoms with Crippen molar-refractivity contribution in [3.05, 3.63) is 17.6 Å². The van der Waals surface area contributed by atoms with E-state index in [1.54, 1.807) is 0 Å². The lowest BCUT2D eigenvalue weighted by Gasteiger charge is -2.22. The molecule has 3 heterocycles. The summed E-state index contributed by atoms with van der Waals surface area (Å²) in [5.74, 6) is 3.75. The maximum Gasteiger partial charge on any atom is 0.132 e. The van der Waals surface area contributed by atoms with E-state index >= 15 is 0 Å². The van der Waals surface area contributed by atoms with Crippen LogP contribution < -0.4 is 4.90 Å². The van der Waals surface area contributed by atoms with Crippen LogP contribution in [-0.2, 0) is 0 Å². The Hall–Kier alpha value is -1.16. The van der Waals surface area contributed by atoms with Crippen molar-refractivity contribution < 1.29 is 0 Å². The van der Waals surface area contributed by atoms with Gasteiger partial charge in [0.2, 0.25) is 0 Å². The van der Waals surface area contributed by atoms with Crippen molar-refractivity contribution in [1.82, 2.24) is 14.9 Å². The maximum atomic E-state index is 4.61. The fraction of sp³-hybridized carbons (Fsp3) is 0.733. The van der Waals surface area contributed by atoms with Crippen LogP contribution in [0.25, 0.3) is 0 Å². The first-order valence-electron chi connectivity index (χ1n) is 7.50. The molecule has 0 N–H and O–H groups in total. The maximum absolute atomic E-state index is 4.61. The van der Waals surface area contributed by atoms with Crippen molar-refractivity contribution in [3.63, 3.8) is 0 Å². The molecule has 1 aromatic heterocycles. The Morgan fingerprint density at radius 3 is 2.26 bits per heavy atom. The fourth-order valence-electron chi connectivity index (χ4n) is 3.81. The third-order valence-electron chi connectivity index (χ3n) is 4.85. The molecule has 4 heteroatoms. The topological polar surface area (TPSA) is 32.3 Å². The largest absolute Gasteiger partial charge is 0.356 e. The number of fused-ring (bicyclic) bond motifs is 1. The van der Waals surface area contributed by atoms with E-state index in [0.717, 1.165) is 35.2 Å². The van der Waals surface area contributed by atoms with Crippen LogP contribution in [0.3, 0.4) is 0 Å². The number of nitrogens with zero attached hydrogens (tertiary/aromatic N) is 4. The molecule has 1 saturated carbocycles. The molecule has 3 fully saturated rings. The first-order valence-corrected chi connectivity index (χ1v) is 7.50. The molecule has 2 saturated heterocycles. The highest BCUT2D eigenvalue weighted by molar-refractivity contribution is 5.41. The lowest BCUT2D eigenvalue weighted by molar-refractivity contribution is 0.306. The van der Waals surface area contributed by atoms with Crippen LogP contribution in [-0.4, -0.2) is 47.1 Å². The van der Waals surface area contributed by atoms with Gasteiger partial charge in [0.05, 0.1) is 0 Å². The SMILES string of the molecule is Cc1cc(N2CC3CN(C4CC4)CC3C2)nc(C)n1. The molecule has 102 valence electrons. The van der Waals surface area contributed by atoms with Crippen molar-refractivity contribution in [3.8, 4) is 0 Å². The van der Waals surface area contributed by atoms with Crippen LogP contribution >= 0.6 is 0 Å². The van der Waals surface area contributed by atoms with Crippen LogP contribution in [0.15, 0.2) is 6.07 Å². The Labute approximate surface area is 114 Å². The Morgan fingerprint density at radius 1 is 1.00 bits per heavy atom. The molecule has 2 aliphatic heterocycles. The summed E-state index contributed by atoms with van der Waals surface area (Å²) in [5, 5.41) is 0. The summed E-state index contributed by atoms with van der Waals surface area (Å²) in [7, 11) is 0. The van der Waals surface area contributed by atoms with Crippen molar-refractivity contribution >= 4 is 5.82 Å². The minimum absolute atomic E-state index is 0.858. The molecular weight excluding hydrogens is 236 g/mol. The number of aromatic nitrogens is 2. The van der Waals surface area contributed by atoms with Gasteiger partial charge in [-0.3, -0.25) is 4.90 Å². The standard InChI is InChI=1S/C15H22N4/c1-10-5-15(17-11(2)16-10)19-8-12-6-18(14-3-4-14)7-13(12)9-19/h5,12-14H,3-4,6-9H2,1-2H3. The molecule has 2 atom stereocenters. The van der Waals surface area contributed by atoms with Crippen molar-refractivity contribution in [2.24, 2.45) is 11.8 Å². The van der Waals surface area contributed by atoms with Crippen LogP contribution in [0.5, 0.6) is 0 Å². The molecule has 0 amide bonds. The molecule has 3 aliphatic rings. The van der Waals surface area contributed by atoms with E-state index < -0.39 is 0 Å². The first kappa shape index (κ1) is 11.6. The van der Waals surface area contributed by atoms with Crippen LogP contribution in [0, 0.1) is 25.7 Å². The highest BCUT2D eigenvalue weighted by atomic mass is 15.3. The van der Waals surface area contributed by atoms with Gasteiger partial charge in [-0.1, -0.05) is 0 Å². The smallest absolute Gasteiger partial charge is 0.132 e. The molecule has 0 radical (unpaired) electrons. The second-order valence-electron chi connectivity index (χ2n) is 6.52. The molecule has 4 rings (SSSR count). The zero-order valence-electron chi connectivity index (χ0n) is 11.8. The molecule has 19 heavy (non-hydrogen) atoms. The predicted molar refractivity (Wildman–Crippen MR) is 75.3 cm³/mol. The highest BCUT2D eigenvalue weighted by Crippen LogP contribution is 2.38. The molecular formula is C15H22N4. The van der Waals surface area contributed by atoms with Gasteiger partial charge in [-0.2, -0.15) is 0 Å². The van der Waals surface area contributed by atoms with E-state index in [-0.39, 0.29) is 0 Å². The van der Waals surface area contributed by atoms with E-state index in [1.165, 1.54) is 39.0 Å². The summed E-state index contributed by atoms with van der Waals surface area (Å²) in [6, 6.07) is 3.06. The number of hydrogen-bond acceptors (Lipinski definition) is 4. The van der Waals surface area contributed by atoms with Gasteiger partial charge in [0.15, 0.2) is 0 Å². The number of likely N-dealkylation sites (tertiary alicyclic amines) is 1. The summed E-state index contributed by atoms with van der Waals surface area (Å²) in [6.07, 6.45) is 2.88. The van der Waals surface area contributed by atoms with E-state index in [1.807, 2.05) is 6.92 Å². The van der Waals surface area contributed by atoms with Gasteiger partial charge in [-0.15, -0.1) is 0 Å². The third kappa shape index (κ3) is 2.12. The molecule has 0 bridgehead atoms. The van der Waals surface area contributed by atoms with Crippen LogP contribution in [0.2, 0.25) is 0 Å². The zero-order chi connectivity index (χ0) is 13.0. The van der Waals surface area contributed by atoms with Gasteiger partial charge in [0.1, 0.15) is 11.6 Å². The predicted octanol–water partition coefficient (Wildman–Crippen LogP) is 1.62. The van der Waals surface area contributed by atoms with Gasteiger partial charge in [0, 0.05) is 44.0 Å². The van der Waals surface area contributed by atoms with Gasteiger partial charge in [-0.25, -0.2) is 9.97 Å². The summed E-state index contributed by atoms with van der Waals surface area (Å²) in [4.78, 5) is 14.2. The summed E-state index contributed by atoms with van der Waals surface area (Å²) < 4.78 is 0. The Kier molecular flexibility index (Phi) is 2.56. The van der Waals surface area contributed by atoms with E-state index in [9.17, 15) is 0 Å². The number of anilines is 1. The summed E-state index contributed by atoms with van der Waals surface area (Å²) >= 11 is 0. The summed E-state index contributed by atoms with van der Waals surface area (Å²) in [6.45, 7) is 9.05. The highest BCUT2D eigenvalue weighted by Gasteiger charge is 2.44.